The van der Waals surface area contributed by atoms with Crippen LogP contribution in [-0.4, -0.2) is 29.6 Å². The normalized spacial score (nSPS) is 9.93. The van der Waals surface area contributed by atoms with Gasteiger partial charge in [-0.25, -0.2) is 4.98 Å². The van der Waals surface area contributed by atoms with Gasteiger partial charge in [0.25, 0.3) is 0 Å². The molecule has 0 saturated carbocycles. The molecule has 1 heterocycles. The quantitative estimate of drug-likeness (QED) is 0.641. The summed E-state index contributed by atoms with van der Waals surface area (Å²) < 4.78 is 0. The number of aryl methyl sites for hydroxylation is 1. The summed E-state index contributed by atoms with van der Waals surface area (Å²) in [5.41, 5.74) is 6.32. The molecule has 0 saturated heterocycles. The molecule has 0 aliphatic rings. The summed E-state index contributed by atoms with van der Waals surface area (Å²) in [6.07, 6.45) is 0. The fourth-order valence-electron chi connectivity index (χ4n) is 1.10. The lowest BCUT2D eigenvalue weighted by molar-refractivity contribution is 0.977. The first-order valence-electron chi connectivity index (χ1n) is 4.79. The van der Waals surface area contributed by atoms with E-state index in [0.717, 1.165) is 18.1 Å². The molecule has 5 heteroatoms. The van der Waals surface area contributed by atoms with Crippen LogP contribution in [0, 0.1) is 6.92 Å². The van der Waals surface area contributed by atoms with Crippen molar-refractivity contribution in [3.8, 4) is 0 Å². The molecule has 0 spiro atoms. The van der Waals surface area contributed by atoms with Crippen molar-refractivity contribution >= 4 is 11.8 Å². The highest BCUT2D eigenvalue weighted by molar-refractivity contribution is 5.41. The van der Waals surface area contributed by atoms with Crippen molar-refractivity contribution in [3.63, 3.8) is 0 Å². The van der Waals surface area contributed by atoms with E-state index < -0.39 is 0 Å². The van der Waals surface area contributed by atoms with E-state index in [1.54, 1.807) is 0 Å². The molecule has 1 aromatic heterocycles. The standard InChI is InChI=1S/C9H17N5/c1-3-11-8-6-7(2)13-9(14-8)12-5-4-10/h6H,3-5,10H2,1-2H3,(H2,11,12,13,14). The first kappa shape index (κ1) is 10.7. The molecule has 1 rings (SSSR count). The van der Waals surface area contributed by atoms with Crippen LogP contribution in [0.3, 0.4) is 0 Å². The highest BCUT2D eigenvalue weighted by Crippen LogP contribution is 2.08. The smallest absolute Gasteiger partial charge is 0.224 e. The van der Waals surface area contributed by atoms with E-state index >= 15 is 0 Å². The Morgan fingerprint density at radius 3 is 2.79 bits per heavy atom. The van der Waals surface area contributed by atoms with Crippen LogP contribution in [0.4, 0.5) is 11.8 Å². The lowest BCUT2D eigenvalue weighted by Gasteiger charge is -2.07. The summed E-state index contributed by atoms with van der Waals surface area (Å²) in [4.78, 5) is 8.51. The molecule has 4 N–H and O–H groups in total. The molecule has 0 unspecified atom stereocenters. The Labute approximate surface area is 84.1 Å². The predicted octanol–water partition coefficient (Wildman–Crippen LogP) is 0.587. The molecule has 5 nitrogen and oxygen atoms in total. The third kappa shape index (κ3) is 3.18. The average Bonchev–Trinajstić information content (AvgIpc) is 2.14. The van der Waals surface area contributed by atoms with Gasteiger partial charge in [-0.2, -0.15) is 4.98 Å². The summed E-state index contributed by atoms with van der Waals surface area (Å²) in [6, 6.07) is 1.91. The number of rotatable bonds is 5. The van der Waals surface area contributed by atoms with Crippen LogP contribution in [-0.2, 0) is 0 Å². The summed E-state index contributed by atoms with van der Waals surface area (Å²) in [5.74, 6) is 1.48. The van der Waals surface area contributed by atoms with Gasteiger partial charge in [0.1, 0.15) is 5.82 Å². The van der Waals surface area contributed by atoms with Gasteiger partial charge < -0.3 is 16.4 Å². The maximum atomic E-state index is 5.38. The van der Waals surface area contributed by atoms with Crippen LogP contribution in [0.1, 0.15) is 12.6 Å². The maximum absolute atomic E-state index is 5.38. The van der Waals surface area contributed by atoms with Gasteiger partial charge in [0.2, 0.25) is 5.95 Å². The summed E-state index contributed by atoms with van der Waals surface area (Å²) >= 11 is 0. The van der Waals surface area contributed by atoms with Crippen molar-refractivity contribution in [1.82, 2.24) is 9.97 Å². The Hall–Kier alpha value is -1.36. The number of nitrogens with two attached hydrogens (primary N) is 1. The van der Waals surface area contributed by atoms with E-state index in [9.17, 15) is 0 Å². The lowest BCUT2D eigenvalue weighted by atomic mass is 10.4. The summed E-state index contributed by atoms with van der Waals surface area (Å²) in [5, 5.41) is 6.19. The van der Waals surface area contributed by atoms with Crippen molar-refractivity contribution in [2.45, 2.75) is 13.8 Å². The van der Waals surface area contributed by atoms with E-state index in [2.05, 4.69) is 20.6 Å². The second-order valence-corrected chi connectivity index (χ2v) is 2.96. The Kier molecular flexibility index (Phi) is 4.12. The van der Waals surface area contributed by atoms with Gasteiger partial charge in [-0.3, -0.25) is 0 Å². The van der Waals surface area contributed by atoms with Gasteiger partial charge in [-0.15, -0.1) is 0 Å². The zero-order valence-electron chi connectivity index (χ0n) is 8.67. The molecule has 0 atom stereocenters. The number of hydrogen-bond acceptors (Lipinski definition) is 5. The molecule has 0 amide bonds. The van der Waals surface area contributed by atoms with E-state index in [-0.39, 0.29) is 0 Å². The number of nitrogens with zero attached hydrogens (tertiary/aromatic N) is 2. The van der Waals surface area contributed by atoms with E-state index in [1.165, 1.54) is 0 Å². The number of nitrogens with one attached hydrogen (secondary N) is 2. The zero-order valence-corrected chi connectivity index (χ0v) is 8.67. The molecule has 0 radical (unpaired) electrons. The van der Waals surface area contributed by atoms with Crippen molar-refractivity contribution in [3.05, 3.63) is 11.8 Å². The highest BCUT2D eigenvalue weighted by Gasteiger charge is 1.99. The molecule has 0 aromatic carbocycles. The Bertz CT molecular complexity index is 287. The van der Waals surface area contributed by atoms with Crippen LogP contribution < -0.4 is 16.4 Å². The largest absolute Gasteiger partial charge is 0.370 e. The second-order valence-electron chi connectivity index (χ2n) is 2.96. The molecule has 0 aliphatic heterocycles. The van der Waals surface area contributed by atoms with Gasteiger partial charge in [-0.05, 0) is 13.8 Å². The minimum Gasteiger partial charge on any atom is -0.370 e. The van der Waals surface area contributed by atoms with Crippen LogP contribution in [0.2, 0.25) is 0 Å². The predicted molar refractivity (Wildman–Crippen MR) is 58.5 cm³/mol. The zero-order chi connectivity index (χ0) is 10.4. The van der Waals surface area contributed by atoms with Gasteiger partial charge in [-0.1, -0.05) is 0 Å². The van der Waals surface area contributed by atoms with Crippen LogP contribution in [0.25, 0.3) is 0 Å². The minimum absolute atomic E-state index is 0.577. The van der Waals surface area contributed by atoms with Gasteiger partial charge in [0.05, 0.1) is 0 Å². The van der Waals surface area contributed by atoms with Gasteiger partial charge >= 0.3 is 0 Å². The molecule has 0 bridgehead atoms. The fraction of sp³-hybridized carbons (Fsp3) is 0.556. The summed E-state index contributed by atoms with van der Waals surface area (Å²) in [7, 11) is 0. The Morgan fingerprint density at radius 2 is 2.14 bits per heavy atom. The van der Waals surface area contributed by atoms with E-state index in [1.807, 2.05) is 19.9 Å². The highest BCUT2D eigenvalue weighted by atomic mass is 15.1. The van der Waals surface area contributed by atoms with E-state index in [4.69, 9.17) is 5.73 Å². The number of aromatic nitrogens is 2. The number of anilines is 2. The van der Waals surface area contributed by atoms with Crippen molar-refractivity contribution in [2.24, 2.45) is 5.73 Å². The van der Waals surface area contributed by atoms with Crippen LogP contribution in [0.5, 0.6) is 0 Å². The van der Waals surface area contributed by atoms with Gasteiger partial charge in [0.15, 0.2) is 0 Å². The first-order chi connectivity index (χ1) is 6.76. The van der Waals surface area contributed by atoms with Crippen molar-refractivity contribution in [1.29, 1.82) is 0 Å². The topological polar surface area (TPSA) is 75.9 Å². The molecular weight excluding hydrogens is 178 g/mol. The minimum atomic E-state index is 0.577. The summed E-state index contributed by atoms with van der Waals surface area (Å²) in [6.45, 7) is 6.09. The second kappa shape index (κ2) is 5.39. The Morgan fingerprint density at radius 1 is 1.36 bits per heavy atom. The van der Waals surface area contributed by atoms with Crippen LogP contribution >= 0.6 is 0 Å². The average molecular weight is 195 g/mol. The van der Waals surface area contributed by atoms with Crippen molar-refractivity contribution in [2.75, 3.05) is 30.3 Å². The van der Waals surface area contributed by atoms with Gasteiger partial charge in [0, 0.05) is 31.4 Å². The van der Waals surface area contributed by atoms with Crippen LogP contribution in [0.15, 0.2) is 6.07 Å². The van der Waals surface area contributed by atoms with E-state index in [0.29, 0.717) is 19.0 Å². The third-order valence-corrected chi connectivity index (χ3v) is 1.64. The Balaban J connectivity index is 2.73. The SMILES string of the molecule is CCNc1cc(C)nc(NCCN)n1. The molecular formula is C9H17N5. The monoisotopic (exact) mass is 195 g/mol. The lowest BCUT2D eigenvalue weighted by Crippen LogP contribution is -2.15. The maximum Gasteiger partial charge on any atom is 0.224 e. The molecule has 78 valence electrons. The molecule has 0 fully saturated rings. The fourth-order valence-corrected chi connectivity index (χ4v) is 1.10. The molecule has 1 aromatic rings. The molecule has 0 aliphatic carbocycles. The molecule has 14 heavy (non-hydrogen) atoms. The first-order valence-corrected chi connectivity index (χ1v) is 4.79. The third-order valence-electron chi connectivity index (χ3n) is 1.64. The number of hydrogen-bond donors (Lipinski definition) is 3. The van der Waals surface area contributed by atoms with Crippen molar-refractivity contribution < 1.29 is 0 Å².